The molecule has 0 unspecified atom stereocenters. The van der Waals surface area contributed by atoms with Crippen LogP contribution in [-0.4, -0.2) is 21.6 Å². The Morgan fingerprint density at radius 1 is 1.08 bits per heavy atom. The van der Waals surface area contributed by atoms with Crippen LogP contribution in [-0.2, 0) is 4.79 Å². The number of phenols is 3. The highest BCUT2D eigenvalue weighted by Gasteiger charge is 2.05. The molecule has 0 saturated heterocycles. The molecule has 0 aliphatic carbocycles. The van der Waals surface area contributed by atoms with Gasteiger partial charge in [0.05, 0.1) is 0 Å². The van der Waals surface area contributed by atoms with Gasteiger partial charge in [-0.2, -0.15) is 0 Å². The fraction of sp³-hybridized carbons (Fsp3) is 0. The quantitative estimate of drug-likeness (QED) is 0.360. The van der Waals surface area contributed by atoms with Crippen molar-refractivity contribution in [3.05, 3.63) is 23.8 Å². The van der Waals surface area contributed by atoms with Crippen LogP contribution in [0, 0.1) is 0 Å². The second-order valence-electron chi connectivity index (χ2n) is 2.40. The second-order valence-corrected chi connectivity index (χ2v) is 2.40. The topological polar surface area (TPSA) is 77.8 Å². The lowest BCUT2D eigenvalue weighted by Crippen LogP contribution is -1.75. The Bertz CT molecular complexity index is 332. The average molecular weight is 180 g/mol. The number of carbonyl (C=O) groups is 1. The normalized spacial score (nSPS) is 10.5. The molecule has 0 aromatic heterocycles. The zero-order valence-corrected chi connectivity index (χ0v) is 6.64. The molecule has 0 spiro atoms. The van der Waals surface area contributed by atoms with Gasteiger partial charge in [-0.05, 0) is 23.8 Å². The first kappa shape index (κ1) is 9.12. The van der Waals surface area contributed by atoms with Crippen molar-refractivity contribution in [3.8, 4) is 17.2 Å². The van der Waals surface area contributed by atoms with Gasteiger partial charge in [-0.3, -0.25) is 4.79 Å². The lowest BCUT2D eigenvalue weighted by atomic mass is 10.1. The van der Waals surface area contributed by atoms with E-state index in [0.717, 1.165) is 0 Å². The Labute approximate surface area is 74.4 Å². The molecule has 3 N–H and O–H groups in total. The van der Waals surface area contributed by atoms with Crippen molar-refractivity contribution in [2.75, 3.05) is 0 Å². The summed E-state index contributed by atoms with van der Waals surface area (Å²) >= 11 is 0. The summed E-state index contributed by atoms with van der Waals surface area (Å²) in [5.74, 6) is -1.42. The van der Waals surface area contributed by atoms with Crippen LogP contribution in [0.5, 0.6) is 17.2 Å². The number of phenolic OH excluding ortho intramolecular Hbond substituents is 3. The van der Waals surface area contributed by atoms with Crippen LogP contribution in [0.2, 0.25) is 0 Å². The molecule has 0 aliphatic rings. The lowest BCUT2D eigenvalue weighted by Gasteiger charge is -2.01. The van der Waals surface area contributed by atoms with Crippen molar-refractivity contribution in [3.63, 3.8) is 0 Å². The molecule has 0 atom stereocenters. The number of allylic oxidation sites excluding steroid dienone is 1. The fourth-order valence-corrected chi connectivity index (χ4v) is 0.872. The molecule has 4 nitrogen and oxygen atoms in total. The van der Waals surface area contributed by atoms with Crippen molar-refractivity contribution < 1.29 is 20.1 Å². The fourth-order valence-electron chi connectivity index (χ4n) is 0.872. The van der Waals surface area contributed by atoms with Gasteiger partial charge < -0.3 is 15.3 Å². The monoisotopic (exact) mass is 180 g/mol. The van der Waals surface area contributed by atoms with E-state index in [0.29, 0.717) is 11.8 Å². The van der Waals surface area contributed by atoms with Crippen LogP contribution in [0.25, 0.3) is 6.08 Å². The Morgan fingerprint density at radius 3 is 2.08 bits per heavy atom. The molecule has 0 heterocycles. The van der Waals surface area contributed by atoms with Gasteiger partial charge in [0.25, 0.3) is 0 Å². The molecule has 4 heteroatoms. The number of aldehydes is 1. The van der Waals surface area contributed by atoms with Crippen LogP contribution >= 0.6 is 0 Å². The van der Waals surface area contributed by atoms with Gasteiger partial charge in [0, 0.05) is 0 Å². The summed E-state index contributed by atoms with van der Waals surface area (Å²) in [5, 5.41) is 27.1. The minimum absolute atomic E-state index is 0.425. The summed E-state index contributed by atoms with van der Waals surface area (Å²) in [4.78, 5) is 9.95. The molecule has 1 aromatic carbocycles. The van der Waals surface area contributed by atoms with Gasteiger partial charge in [-0.25, -0.2) is 0 Å². The Hall–Kier alpha value is -1.97. The number of rotatable bonds is 2. The SMILES string of the molecule is O=C/C=C/c1cc(O)c(O)c(O)c1. The van der Waals surface area contributed by atoms with E-state index in [1.54, 1.807) is 0 Å². The first-order valence-corrected chi connectivity index (χ1v) is 3.52. The molecule has 0 amide bonds. The van der Waals surface area contributed by atoms with E-state index in [1.165, 1.54) is 24.3 Å². The minimum Gasteiger partial charge on any atom is -0.504 e. The molecule has 0 radical (unpaired) electrons. The van der Waals surface area contributed by atoms with Crippen molar-refractivity contribution >= 4 is 12.4 Å². The van der Waals surface area contributed by atoms with Crippen LogP contribution < -0.4 is 0 Å². The van der Waals surface area contributed by atoms with E-state index < -0.39 is 17.2 Å². The van der Waals surface area contributed by atoms with E-state index in [1.807, 2.05) is 0 Å². The molecular weight excluding hydrogens is 172 g/mol. The summed E-state index contributed by atoms with van der Waals surface area (Å²) < 4.78 is 0. The predicted molar refractivity (Wildman–Crippen MR) is 46.5 cm³/mol. The Morgan fingerprint density at radius 2 is 1.62 bits per heavy atom. The van der Waals surface area contributed by atoms with Gasteiger partial charge in [-0.1, -0.05) is 6.08 Å². The lowest BCUT2D eigenvalue weighted by molar-refractivity contribution is -0.104. The zero-order valence-electron chi connectivity index (χ0n) is 6.64. The number of carbonyl (C=O) groups excluding carboxylic acids is 1. The van der Waals surface area contributed by atoms with Gasteiger partial charge in [0.15, 0.2) is 17.2 Å². The molecule has 0 bridgehead atoms. The number of benzene rings is 1. The zero-order chi connectivity index (χ0) is 9.84. The maximum absolute atomic E-state index is 9.95. The maximum Gasteiger partial charge on any atom is 0.200 e. The van der Waals surface area contributed by atoms with E-state index in [9.17, 15) is 4.79 Å². The Kier molecular flexibility index (Phi) is 2.54. The molecule has 1 rings (SSSR count). The predicted octanol–water partition coefficient (Wildman–Crippen LogP) is 1.02. The second kappa shape index (κ2) is 3.62. The molecule has 1 aromatic rings. The van der Waals surface area contributed by atoms with Crippen LogP contribution in [0.15, 0.2) is 18.2 Å². The summed E-state index contributed by atoms with van der Waals surface area (Å²) in [5.41, 5.74) is 0.430. The van der Waals surface area contributed by atoms with Crippen molar-refractivity contribution in [2.24, 2.45) is 0 Å². The third kappa shape index (κ3) is 1.99. The largest absolute Gasteiger partial charge is 0.504 e. The van der Waals surface area contributed by atoms with Crippen LogP contribution in [0.3, 0.4) is 0 Å². The molecule has 13 heavy (non-hydrogen) atoms. The molecular formula is C9H8O4. The van der Waals surface area contributed by atoms with Crippen LogP contribution in [0.1, 0.15) is 5.56 Å². The van der Waals surface area contributed by atoms with E-state index in [4.69, 9.17) is 15.3 Å². The summed E-state index contributed by atoms with van der Waals surface area (Å²) in [7, 11) is 0. The first-order chi connectivity index (χ1) is 6.15. The van der Waals surface area contributed by atoms with Gasteiger partial charge >= 0.3 is 0 Å². The molecule has 0 fully saturated rings. The molecule has 0 aliphatic heterocycles. The molecule has 68 valence electrons. The average Bonchev–Trinajstić information content (AvgIpc) is 2.10. The number of hydrogen-bond acceptors (Lipinski definition) is 4. The minimum atomic E-state index is -0.566. The summed E-state index contributed by atoms with van der Waals surface area (Å²) in [6.45, 7) is 0. The third-order valence-corrected chi connectivity index (χ3v) is 1.46. The summed E-state index contributed by atoms with van der Waals surface area (Å²) in [6.07, 6.45) is 3.18. The summed E-state index contributed by atoms with van der Waals surface area (Å²) in [6, 6.07) is 2.46. The van der Waals surface area contributed by atoms with Gasteiger partial charge in [0.1, 0.15) is 6.29 Å². The number of aromatic hydroxyl groups is 3. The van der Waals surface area contributed by atoms with E-state index in [2.05, 4.69) is 0 Å². The highest BCUT2D eigenvalue weighted by atomic mass is 16.3. The van der Waals surface area contributed by atoms with Crippen molar-refractivity contribution in [2.45, 2.75) is 0 Å². The van der Waals surface area contributed by atoms with Crippen molar-refractivity contribution in [1.29, 1.82) is 0 Å². The highest BCUT2D eigenvalue weighted by Crippen LogP contribution is 2.35. The third-order valence-electron chi connectivity index (χ3n) is 1.46. The van der Waals surface area contributed by atoms with Gasteiger partial charge in [-0.15, -0.1) is 0 Å². The Balaban J connectivity index is 3.12. The van der Waals surface area contributed by atoms with Gasteiger partial charge in [0.2, 0.25) is 0 Å². The standard InChI is InChI=1S/C9H8O4/c10-3-1-2-6-4-7(11)9(13)8(12)5-6/h1-5,11-13H/b2-1+. The smallest absolute Gasteiger partial charge is 0.200 e. The van der Waals surface area contributed by atoms with E-state index in [-0.39, 0.29) is 0 Å². The number of hydrogen-bond donors (Lipinski definition) is 3. The maximum atomic E-state index is 9.95. The highest BCUT2D eigenvalue weighted by molar-refractivity contribution is 5.75. The van der Waals surface area contributed by atoms with Crippen LogP contribution in [0.4, 0.5) is 0 Å². The first-order valence-electron chi connectivity index (χ1n) is 3.52. The van der Waals surface area contributed by atoms with Crippen molar-refractivity contribution in [1.82, 2.24) is 0 Å². The molecule has 0 saturated carbocycles. The van der Waals surface area contributed by atoms with E-state index >= 15 is 0 Å².